The summed E-state index contributed by atoms with van der Waals surface area (Å²) in [4.78, 5) is 11.5. The molecule has 1 saturated heterocycles. The van der Waals surface area contributed by atoms with Gasteiger partial charge in [-0.1, -0.05) is 0 Å². The molecule has 1 atom stereocenters. The molecule has 0 spiro atoms. The van der Waals surface area contributed by atoms with Crippen LogP contribution in [0.2, 0.25) is 0 Å². The third-order valence-electron chi connectivity index (χ3n) is 2.94. The lowest BCUT2D eigenvalue weighted by Crippen LogP contribution is -2.47. The van der Waals surface area contributed by atoms with Crippen molar-refractivity contribution in [1.82, 2.24) is 10.6 Å². The van der Waals surface area contributed by atoms with Crippen LogP contribution in [0, 0.1) is 0 Å². The van der Waals surface area contributed by atoms with E-state index >= 15 is 0 Å². The van der Waals surface area contributed by atoms with Gasteiger partial charge in [-0.05, 0) is 12.8 Å². The van der Waals surface area contributed by atoms with Gasteiger partial charge in [0.25, 0.3) is 0 Å². The van der Waals surface area contributed by atoms with E-state index in [1.54, 1.807) is 0 Å². The number of hydrogen-bond donors (Lipinski definition) is 2. The largest absolute Gasteiger partial charge is 0.389 e. The molecule has 2 N–H and O–H groups in total. The van der Waals surface area contributed by atoms with Crippen LogP contribution in [0.5, 0.6) is 0 Å². The third-order valence-corrected chi connectivity index (χ3v) is 4.68. The van der Waals surface area contributed by atoms with E-state index in [1.165, 1.54) is 0 Å². The van der Waals surface area contributed by atoms with E-state index < -0.39 is 28.5 Å². The van der Waals surface area contributed by atoms with Crippen LogP contribution in [0.15, 0.2) is 0 Å². The van der Waals surface area contributed by atoms with Crippen LogP contribution in [0.3, 0.4) is 0 Å². The monoisotopic (exact) mass is 316 g/mol. The summed E-state index contributed by atoms with van der Waals surface area (Å²) in [6.07, 6.45) is -4.77. The Morgan fingerprint density at radius 3 is 2.60 bits per heavy atom. The minimum Gasteiger partial charge on any atom is -0.356 e. The highest BCUT2D eigenvalue weighted by atomic mass is 32.2. The minimum absolute atomic E-state index is 0.0263. The lowest BCUT2D eigenvalue weighted by atomic mass is 10.2. The summed E-state index contributed by atoms with van der Waals surface area (Å²) in [7, 11) is -3.09. The van der Waals surface area contributed by atoms with Gasteiger partial charge in [0.1, 0.15) is 0 Å². The first kappa shape index (κ1) is 17.2. The van der Waals surface area contributed by atoms with Gasteiger partial charge in [0, 0.05) is 32.0 Å². The predicted octanol–water partition coefficient (Wildman–Crippen LogP) is 0.612. The third kappa shape index (κ3) is 7.68. The Balaban J connectivity index is 2.14. The molecule has 0 aromatic heterocycles. The average molecular weight is 316 g/mol. The van der Waals surface area contributed by atoms with E-state index in [1.807, 2.05) is 0 Å². The van der Waals surface area contributed by atoms with Crippen molar-refractivity contribution in [2.75, 3.05) is 24.6 Å². The number of halogens is 3. The summed E-state index contributed by atoms with van der Waals surface area (Å²) in [5.74, 6) is -0.344. The fourth-order valence-corrected chi connectivity index (χ4v) is 3.42. The fraction of sp³-hybridized carbons (Fsp3) is 0.909. The first-order valence-corrected chi connectivity index (χ1v) is 8.27. The molecule has 0 aliphatic carbocycles. The molecule has 0 aromatic carbocycles. The minimum atomic E-state index is -4.16. The van der Waals surface area contributed by atoms with Gasteiger partial charge in [-0.2, -0.15) is 13.2 Å². The fourth-order valence-electron chi connectivity index (χ4n) is 1.97. The Labute approximate surface area is 116 Å². The summed E-state index contributed by atoms with van der Waals surface area (Å²) in [5, 5.41) is 5.44. The Morgan fingerprint density at radius 2 is 2.00 bits per heavy atom. The summed E-state index contributed by atoms with van der Waals surface area (Å²) in [6.45, 7) is 0.500. The van der Waals surface area contributed by atoms with Gasteiger partial charge in [0.05, 0.1) is 11.5 Å². The highest BCUT2D eigenvalue weighted by molar-refractivity contribution is 7.91. The maximum atomic E-state index is 11.9. The molecule has 0 bridgehead atoms. The van der Waals surface area contributed by atoms with Gasteiger partial charge in [-0.15, -0.1) is 0 Å². The Bertz CT molecular complexity index is 423. The Hall–Kier alpha value is -0.830. The lowest BCUT2D eigenvalue weighted by molar-refractivity contribution is -0.135. The average Bonchev–Trinajstić information content (AvgIpc) is 2.25. The molecule has 1 fully saturated rings. The standard InChI is InChI=1S/C11H19F3N2O3S/c12-11(13,14)3-1-2-4-16-10(17)7-9-8-20(18,19)6-5-15-9/h9,15H,1-8H2,(H,16,17). The maximum Gasteiger partial charge on any atom is 0.389 e. The van der Waals surface area contributed by atoms with Crippen molar-refractivity contribution < 1.29 is 26.4 Å². The number of unbranched alkanes of at least 4 members (excludes halogenated alkanes) is 1. The van der Waals surface area contributed by atoms with Crippen molar-refractivity contribution in [3.05, 3.63) is 0 Å². The van der Waals surface area contributed by atoms with E-state index in [-0.39, 0.29) is 43.2 Å². The molecule has 5 nitrogen and oxygen atoms in total. The second-order valence-corrected chi connectivity index (χ2v) is 7.12. The zero-order chi connectivity index (χ0) is 15.2. The van der Waals surface area contributed by atoms with Gasteiger partial charge in [-0.25, -0.2) is 8.42 Å². The molecule has 1 unspecified atom stereocenters. The van der Waals surface area contributed by atoms with Gasteiger partial charge >= 0.3 is 6.18 Å². The molecule has 0 aromatic rings. The number of alkyl halides is 3. The number of carbonyl (C=O) groups is 1. The zero-order valence-corrected chi connectivity index (χ0v) is 11.8. The highest BCUT2D eigenvalue weighted by Gasteiger charge is 2.27. The smallest absolute Gasteiger partial charge is 0.356 e. The molecule has 118 valence electrons. The van der Waals surface area contributed by atoms with Crippen molar-refractivity contribution in [2.24, 2.45) is 0 Å². The van der Waals surface area contributed by atoms with Crippen molar-refractivity contribution in [3.8, 4) is 0 Å². The Kier molecular flexibility index (Phi) is 6.25. The predicted molar refractivity (Wildman–Crippen MR) is 68.0 cm³/mol. The number of hydrogen-bond acceptors (Lipinski definition) is 4. The SMILES string of the molecule is O=C(CC1CS(=O)(=O)CCN1)NCCCCC(F)(F)F. The number of rotatable bonds is 6. The second-order valence-electron chi connectivity index (χ2n) is 4.89. The molecule has 1 heterocycles. The van der Waals surface area contributed by atoms with Crippen LogP contribution in [-0.2, 0) is 14.6 Å². The van der Waals surface area contributed by atoms with Crippen molar-refractivity contribution >= 4 is 15.7 Å². The topological polar surface area (TPSA) is 75.3 Å². The van der Waals surface area contributed by atoms with Crippen molar-refractivity contribution in [2.45, 2.75) is 37.9 Å². The maximum absolute atomic E-state index is 11.9. The normalized spacial score (nSPS) is 22.4. The molecule has 20 heavy (non-hydrogen) atoms. The number of amides is 1. The molecule has 0 saturated carbocycles. The summed E-state index contributed by atoms with van der Waals surface area (Å²) < 4.78 is 58.3. The molecule has 1 aliphatic heterocycles. The van der Waals surface area contributed by atoms with Gasteiger partial charge < -0.3 is 10.6 Å². The molecule has 0 radical (unpaired) electrons. The zero-order valence-electron chi connectivity index (χ0n) is 11.0. The second kappa shape index (κ2) is 7.26. The van der Waals surface area contributed by atoms with Crippen molar-refractivity contribution in [1.29, 1.82) is 0 Å². The van der Waals surface area contributed by atoms with Crippen LogP contribution in [-0.4, -0.2) is 51.1 Å². The van der Waals surface area contributed by atoms with E-state index in [0.29, 0.717) is 6.54 Å². The lowest BCUT2D eigenvalue weighted by Gasteiger charge is -2.23. The molecular weight excluding hydrogens is 297 g/mol. The summed E-state index contributed by atoms with van der Waals surface area (Å²) >= 11 is 0. The molecule has 1 amide bonds. The van der Waals surface area contributed by atoms with Crippen LogP contribution in [0.4, 0.5) is 13.2 Å². The first-order valence-electron chi connectivity index (χ1n) is 6.45. The quantitative estimate of drug-likeness (QED) is 0.704. The van der Waals surface area contributed by atoms with Crippen LogP contribution >= 0.6 is 0 Å². The van der Waals surface area contributed by atoms with E-state index in [2.05, 4.69) is 10.6 Å². The summed E-state index contributed by atoms with van der Waals surface area (Å²) in [5.41, 5.74) is 0. The van der Waals surface area contributed by atoms with Crippen molar-refractivity contribution in [3.63, 3.8) is 0 Å². The molecule has 1 aliphatic rings. The molecule has 1 rings (SSSR count). The number of sulfone groups is 1. The molecular formula is C11H19F3N2O3S. The highest BCUT2D eigenvalue weighted by Crippen LogP contribution is 2.21. The Morgan fingerprint density at radius 1 is 1.30 bits per heavy atom. The van der Waals surface area contributed by atoms with E-state index in [9.17, 15) is 26.4 Å². The van der Waals surface area contributed by atoms with E-state index in [4.69, 9.17) is 0 Å². The van der Waals surface area contributed by atoms with Crippen LogP contribution in [0.25, 0.3) is 0 Å². The first-order chi connectivity index (χ1) is 9.18. The van der Waals surface area contributed by atoms with Crippen LogP contribution < -0.4 is 10.6 Å². The van der Waals surface area contributed by atoms with Gasteiger partial charge in [0.15, 0.2) is 9.84 Å². The summed E-state index contributed by atoms with van der Waals surface area (Å²) in [6, 6.07) is -0.413. The van der Waals surface area contributed by atoms with E-state index in [0.717, 1.165) is 0 Å². The van der Waals surface area contributed by atoms with Crippen LogP contribution in [0.1, 0.15) is 25.7 Å². The molecule has 9 heteroatoms. The number of nitrogens with one attached hydrogen (secondary N) is 2. The van der Waals surface area contributed by atoms with Gasteiger partial charge in [-0.3, -0.25) is 4.79 Å². The van der Waals surface area contributed by atoms with Gasteiger partial charge in [0.2, 0.25) is 5.91 Å². The number of carbonyl (C=O) groups excluding carboxylic acids is 1.